The maximum atomic E-state index is 13.8. The number of amides is 1. The first kappa shape index (κ1) is 28.1. The smallest absolute Gasteiger partial charge is 0.415 e. The molecule has 9 heteroatoms. The molecule has 0 saturated carbocycles. The van der Waals surface area contributed by atoms with Crippen molar-refractivity contribution in [3.8, 4) is 29.4 Å². The normalized spacial score (nSPS) is 26.8. The van der Waals surface area contributed by atoms with Crippen molar-refractivity contribution >= 4 is 29.3 Å². The summed E-state index contributed by atoms with van der Waals surface area (Å²) < 4.78 is 21.9. The van der Waals surface area contributed by atoms with Crippen LogP contribution in [0, 0.1) is 41.4 Å². The summed E-state index contributed by atoms with van der Waals surface area (Å²) in [4.78, 5) is 40.6. The Morgan fingerprint density at radius 2 is 1.81 bits per heavy atom. The largest absolute Gasteiger partial charge is 0.497 e. The van der Waals surface area contributed by atoms with Crippen LogP contribution in [0.3, 0.4) is 0 Å². The highest BCUT2D eigenvalue weighted by Gasteiger charge is 2.64. The van der Waals surface area contributed by atoms with E-state index in [4.69, 9.17) is 18.9 Å². The van der Waals surface area contributed by atoms with E-state index in [2.05, 4.69) is 23.7 Å². The molecule has 2 aliphatic heterocycles. The summed E-state index contributed by atoms with van der Waals surface area (Å²) in [5.41, 5.74) is 1.05. The van der Waals surface area contributed by atoms with Gasteiger partial charge in [0, 0.05) is 17.9 Å². The van der Waals surface area contributed by atoms with Crippen LogP contribution in [0.5, 0.6) is 5.75 Å². The Hall–Kier alpha value is -4.99. The van der Waals surface area contributed by atoms with E-state index in [9.17, 15) is 19.5 Å². The Kier molecular flexibility index (Phi) is 7.43. The number of anilines is 1. The number of cyclic esters (lactones) is 1. The Morgan fingerprint density at radius 3 is 2.58 bits per heavy atom. The Bertz CT molecular complexity index is 1670. The van der Waals surface area contributed by atoms with Gasteiger partial charge in [0.1, 0.15) is 11.8 Å². The molecule has 43 heavy (non-hydrogen) atoms. The van der Waals surface area contributed by atoms with E-state index in [0.29, 0.717) is 34.6 Å². The molecule has 2 aliphatic carbocycles. The maximum Gasteiger partial charge on any atom is 0.415 e. The van der Waals surface area contributed by atoms with E-state index in [-0.39, 0.29) is 25.7 Å². The highest BCUT2D eigenvalue weighted by atomic mass is 16.6. The second-order valence-corrected chi connectivity index (χ2v) is 10.7. The van der Waals surface area contributed by atoms with Gasteiger partial charge in [-0.3, -0.25) is 4.90 Å². The first-order valence-corrected chi connectivity index (χ1v) is 14.0. The topological polar surface area (TPSA) is 112 Å². The van der Waals surface area contributed by atoms with Gasteiger partial charge in [-0.15, -0.1) is 0 Å². The monoisotopic (exact) mass is 579 g/mol. The van der Waals surface area contributed by atoms with Gasteiger partial charge in [0.15, 0.2) is 5.60 Å². The number of methoxy groups -OCH3 is 1. The summed E-state index contributed by atoms with van der Waals surface area (Å²) in [5.74, 6) is 9.69. The molecule has 0 unspecified atom stereocenters. The molecule has 1 amide bonds. The minimum Gasteiger partial charge on any atom is -0.497 e. The number of ether oxygens (including phenoxy) is 4. The number of hydrogen-bond donors (Lipinski definition) is 1. The van der Waals surface area contributed by atoms with Gasteiger partial charge in [-0.05, 0) is 59.5 Å². The number of carbonyl (C=O) groups excluding carboxylic acids is 3. The molecule has 0 radical (unpaired) electrons. The molecule has 4 bridgehead atoms. The zero-order chi connectivity index (χ0) is 30.1. The van der Waals surface area contributed by atoms with Crippen molar-refractivity contribution < 1.29 is 38.4 Å². The second-order valence-electron chi connectivity index (χ2n) is 10.7. The van der Waals surface area contributed by atoms with Gasteiger partial charge in [0.2, 0.25) is 0 Å². The van der Waals surface area contributed by atoms with Crippen LogP contribution in [-0.2, 0) is 19.0 Å². The molecule has 1 N–H and O–H groups in total. The minimum absolute atomic E-state index is 0.00319. The fourth-order valence-electron chi connectivity index (χ4n) is 6.30. The summed E-state index contributed by atoms with van der Waals surface area (Å²) in [6.45, 7) is 2.01. The SMILES string of the molecule is COc1ccc2c(c1)C1=C3[C@@H](C)[C@H]4COC(=O)[C@@]4(O)[C@H]1C#C/C=C\C#C[C@@H]3N2C(=O)OCCCOC(=O)c1ccccc1. The molecule has 1 fully saturated rings. The standard InChI is InChI=1S/C34H29NO8/c1-21-26-20-43-32(37)34(26,39)25-13-8-3-4-9-14-28-29(21)30(25)24-19-23(40-2)15-16-27(24)35(28)33(38)42-18-10-17-41-31(36)22-11-6-5-7-12-22/h3-7,11-12,15-16,19,21,25-26,28,39H,10,17-18,20H2,1-2H3/b4-3-/t21-,25-,26+,28-,34+/m0/s1. The molecule has 2 aromatic carbocycles. The van der Waals surface area contributed by atoms with Crippen LogP contribution in [0.4, 0.5) is 10.5 Å². The number of benzene rings is 2. The number of aliphatic hydroxyl groups is 1. The van der Waals surface area contributed by atoms with Gasteiger partial charge in [-0.2, -0.15) is 0 Å². The highest BCUT2D eigenvalue weighted by Crippen LogP contribution is 2.57. The predicted octanol–water partition coefficient (Wildman–Crippen LogP) is 3.77. The summed E-state index contributed by atoms with van der Waals surface area (Å²) >= 11 is 0. The van der Waals surface area contributed by atoms with Crippen LogP contribution < -0.4 is 9.64 Å². The van der Waals surface area contributed by atoms with Gasteiger partial charge < -0.3 is 24.1 Å². The lowest BCUT2D eigenvalue weighted by Crippen LogP contribution is -2.57. The third-order valence-corrected chi connectivity index (χ3v) is 8.38. The number of rotatable bonds is 6. The van der Waals surface area contributed by atoms with Crippen molar-refractivity contribution in [2.24, 2.45) is 17.8 Å². The molecule has 6 rings (SSSR count). The van der Waals surface area contributed by atoms with Crippen LogP contribution in [0.15, 0.2) is 66.3 Å². The zero-order valence-electron chi connectivity index (χ0n) is 23.7. The van der Waals surface area contributed by atoms with Crippen LogP contribution in [-0.4, -0.2) is 61.7 Å². The molecule has 2 heterocycles. The molecule has 0 spiro atoms. The van der Waals surface area contributed by atoms with E-state index in [1.54, 1.807) is 54.6 Å². The summed E-state index contributed by atoms with van der Waals surface area (Å²) in [5, 5.41) is 11.9. The fourth-order valence-corrected chi connectivity index (χ4v) is 6.30. The quantitative estimate of drug-likeness (QED) is 0.238. The first-order valence-electron chi connectivity index (χ1n) is 14.0. The lowest BCUT2D eigenvalue weighted by atomic mass is 9.59. The minimum atomic E-state index is -1.86. The third-order valence-electron chi connectivity index (χ3n) is 8.38. The first-order chi connectivity index (χ1) is 20.9. The molecular formula is C34H29NO8. The lowest BCUT2D eigenvalue weighted by molar-refractivity contribution is -0.157. The summed E-state index contributed by atoms with van der Waals surface area (Å²) in [6, 6.07) is 13.1. The van der Waals surface area contributed by atoms with Crippen molar-refractivity contribution in [1.82, 2.24) is 0 Å². The summed E-state index contributed by atoms with van der Waals surface area (Å²) in [7, 11) is 1.53. The maximum absolute atomic E-state index is 13.8. The number of allylic oxidation sites excluding steroid dienone is 2. The number of carbonyl (C=O) groups is 3. The van der Waals surface area contributed by atoms with E-state index in [1.165, 1.54) is 12.0 Å². The van der Waals surface area contributed by atoms with Crippen LogP contribution >= 0.6 is 0 Å². The van der Waals surface area contributed by atoms with Crippen LogP contribution in [0.1, 0.15) is 29.3 Å². The Labute approximate surface area is 249 Å². The van der Waals surface area contributed by atoms with Gasteiger partial charge >= 0.3 is 18.0 Å². The van der Waals surface area contributed by atoms with E-state index in [0.717, 1.165) is 5.57 Å². The van der Waals surface area contributed by atoms with E-state index in [1.807, 2.05) is 13.0 Å². The summed E-state index contributed by atoms with van der Waals surface area (Å²) in [6.07, 6.45) is 2.78. The molecule has 2 aromatic rings. The molecule has 1 saturated heterocycles. The Balaban J connectivity index is 1.33. The van der Waals surface area contributed by atoms with E-state index >= 15 is 0 Å². The van der Waals surface area contributed by atoms with Gasteiger partial charge in [-0.1, -0.05) is 48.8 Å². The molecule has 218 valence electrons. The Morgan fingerprint density at radius 1 is 1.07 bits per heavy atom. The lowest BCUT2D eigenvalue weighted by Gasteiger charge is -2.48. The highest BCUT2D eigenvalue weighted by molar-refractivity contribution is 6.01. The second kappa shape index (κ2) is 11.4. The van der Waals surface area contributed by atoms with Gasteiger partial charge in [0.25, 0.3) is 0 Å². The van der Waals surface area contributed by atoms with Gasteiger partial charge in [0.05, 0.1) is 44.1 Å². The number of esters is 2. The average molecular weight is 580 g/mol. The van der Waals surface area contributed by atoms with Crippen LogP contribution in [0.25, 0.3) is 5.57 Å². The van der Waals surface area contributed by atoms with Crippen molar-refractivity contribution in [2.75, 3.05) is 31.8 Å². The predicted molar refractivity (Wildman–Crippen MR) is 156 cm³/mol. The molecule has 0 aromatic heterocycles. The number of nitrogens with zero attached hydrogens (tertiary/aromatic N) is 1. The van der Waals surface area contributed by atoms with Gasteiger partial charge in [-0.25, -0.2) is 14.4 Å². The van der Waals surface area contributed by atoms with E-state index < -0.39 is 41.5 Å². The average Bonchev–Trinajstić information content (AvgIpc) is 3.33. The fraction of sp³-hybridized carbons (Fsp3) is 0.324. The van der Waals surface area contributed by atoms with Crippen molar-refractivity contribution in [1.29, 1.82) is 0 Å². The molecule has 9 nitrogen and oxygen atoms in total. The molecule has 4 aliphatic rings. The van der Waals surface area contributed by atoms with Crippen molar-refractivity contribution in [3.63, 3.8) is 0 Å². The number of hydrogen-bond acceptors (Lipinski definition) is 8. The van der Waals surface area contributed by atoms with Crippen molar-refractivity contribution in [3.05, 3.63) is 77.4 Å². The number of fused-ring (bicyclic) bond motifs is 3. The molecular weight excluding hydrogens is 550 g/mol. The van der Waals surface area contributed by atoms with Crippen LogP contribution in [0.2, 0.25) is 0 Å². The third kappa shape index (κ3) is 4.72. The zero-order valence-corrected chi connectivity index (χ0v) is 23.7. The van der Waals surface area contributed by atoms with Crippen molar-refractivity contribution in [2.45, 2.75) is 25.0 Å². The molecule has 5 atom stereocenters.